The lowest BCUT2D eigenvalue weighted by molar-refractivity contribution is -0.141. The summed E-state index contributed by atoms with van der Waals surface area (Å²) in [5.74, 6) is -0.359. The van der Waals surface area contributed by atoms with Crippen LogP contribution in [-0.4, -0.2) is 19.6 Å². The van der Waals surface area contributed by atoms with Crippen molar-refractivity contribution in [3.63, 3.8) is 0 Å². The summed E-state index contributed by atoms with van der Waals surface area (Å²) in [6.45, 7) is 0.623. The first-order valence-electron chi connectivity index (χ1n) is 4.33. The van der Waals surface area contributed by atoms with Crippen molar-refractivity contribution in [3.05, 3.63) is 28.2 Å². The third-order valence-electron chi connectivity index (χ3n) is 2.37. The number of methoxy groups -OCH3 is 1. The molecule has 0 fully saturated rings. The van der Waals surface area contributed by atoms with Gasteiger partial charge in [-0.15, -0.1) is 0 Å². The number of halogens is 1. The third kappa shape index (κ3) is 1.50. The van der Waals surface area contributed by atoms with Crippen LogP contribution in [0.2, 0.25) is 0 Å². The fraction of sp³-hybridized carbons (Fsp3) is 0.300. The molecule has 1 unspecified atom stereocenters. The number of fused-ring (bicyclic) bond motifs is 1. The average Bonchev–Trinajstić information content (AvgIpc) is 2.59. The number of nitrogens with one attached hydrogen (secondary N) is 1. The van der Waals surface area contributed by atoms with Crippen molar-refractivity contribution >= 4 is 27.6 Å². The van der Waals surface area contributed by atoms with Crippen molar-refractivity contribution in [1.29, 1.82) is 0 Å². The van der Waals surface area contributed by atoms with Crippen LogP contribution in [0.15, 0.2) is 22.7 Å². The van der Waals surface area contributed by atoms with Crippen LogP contribution in [0.3, 0.4) is 0 Å². The Hall–Kier alpha value is -1.03. The molecule has 1 heterocycles. The molecule has 14 heavy (non-hydrogen) atoms. The standard InChI is InChI=1S/C10H10BrNO2/c1-14-10(13)8-5-12-9-3-2-6(11)4-7(8)9/h2-4,8,12H,5H2,1H3. The summed E-state index contributed by atoms with van der Waals surface area (Å²) in [4.78, 5) is 11.4. The predicted octanol–water partition coefficient (Wildman–Crippen LogP) is 2.13. The van der Waals surface area contributed by atoms with Gasteiger partial charge in [0.15, 0.2) is 0 Å². The normalized spacial score (nSPS) is 18.6. The second-order valence-corrected chi connectivity index (χ2v) is 4.10. The molecule has 1 aliphatic rings. The van der Waals surface area contributed by atoms with Crippen LogP contribution in [0.1, 0.15) is 11.5 Å². The molecule has 1 aromatic rings. The Morgan fingerprint density at radius 2 is 2.43 bits per heavy atom. The Balaban J connectivity index is 2.38. The number of carbonyl (C=O) groups is 1. The minimum Gasteiger partial charge on any atom is -0.468 e. The molecule has 1 N–H and O–H groups in total. The highest BCUT2D eigenvalue weighted by molar-refractivity contribution is 9.10. The molecule has 0 amide bonds. The molecule has 0 spiro atoms. The van der Waals surface area contributed by atoms with E-state index in [1.165, 1.54) is 7.11 Å². The van der Waals surface area contributed by atoms with Crippen molar-refractivity contribution in [1.82, 2.24) is 0 Å². The molecule has 0 aromatic heterocycles. The molecule has 74 valence electrons. The van der Waals surface area contributed by atoms with Gasteiger partial charge in [0.1, 0.15) is 5.92 Å². The van der Waals surface area contributed by atoms with E-state index in [0.29, 0.717) is 6.54 Å². The Morgan fingerprint density at radius 3 is 3.14 bits per heavy atom. The zero-order valence-electron chi connectivity index (χ0n) is 7.71. The van der Waals surface area contributed by atoms with Gasteiger partial charge in [0.2, 0.25) is 0 Å². The van der Waals surface area contributed by atoms with Gasteiger partial charge < -0.3 is 10.1 Å². The smallest absolute Gasteiger partial charge is 0.315 e. The maximum absolute atomic E-state index is 11.4. The molecule has 4 heteroatoms. The summed E-state index contributed by atoms with van der Waals surface area (Å²) in [6.07, 6.45) is 0. The lowest BCUT2D eigenvalue weighted by Gasteiger charge is -2.07. The quantitative estimate of drug-likeness (QED) is 0.782. The first-order valence-corrected chi connectivity index (χ1v) is 5.13. The molecule has 3 nitrogen and oxygen atoms in total. The number of hydrogen-bond donors (Lipinski definition) is 1. The summed E-state index contributed by atoms with van der Waals surface area (Å²) >= 11 is 3.38. The van der Waals surface area contributed by atoms with Gasteiger partial charge >= 0.3 is 5.97 Å². The van der Waals surface area contributed by atoms with E-state index in [-0.39, 0.29) is 11.9 Å². The average molecular weight is 256 g/mol. The Labute approximate surface area is 90.6 Å². The van der Waals surface area contributed by atoms with Gasteiger partial charge in [-0.25, -0.2) is 0 Å². The van der Waals surface area contributed by atoms with Crippen molar-refractivity contribution in [2.75, 3.05) is 19.0 Å². The van der Waals surface area contributed by atoms with Crippen LogP contribution in [-0.2, 0) is 9.53 Å². The number of carbonyl (C=O) groups excluding carboxylic acids is 1. The fourth-order valence-corrected chi connectivity index (χ4v) is 2.04. The Kier molecular flexibility index (Phi) is 2.46. The number of rotatable bonds is 1. The van der Waals surface area contributed by atoms with Crippen LogP contribution in [0.25, 0.3) is 0 Å². The summed E-state index contributed by atoms with van der Waals surface area (Å²) in [7, 11) is 1.41. The minimum absolute atomic E-state index is 0.174. The molecule has 2 rings (SSSR count). The Bertz CT molecular complexity index is 378. The zero-order chi connectivity index (χ0) is 10.1. The SMILES string of the molecule is COC(=O)C1CNc2ccc(Br)cc21. The van der Waals surface area contributed by atoms with E-state index < -0.39 is 0 Å². The first-order chi connectivity index (χ1) is 6.72. The molecule has 1 aliphatic heterocycles. The van der Waals surface area contributed by atoms with E-state index in [9.17, 15) is 4.79 Å². The van der Waals surface area contributed by atoms with Crippen LogP contribution in [0.4, 0.5) is 5.69 Å². The lowest BCUT2D eigenvalue weighted by atomic mass is 10.0. The second-order valence-electron chi connectivity index (χ2n) is 3.19. The van der Waals surface area contributed by atoms with Gasteiger partial charge in [-0.05, 0) is 23.8 Å². The molecule has 0 aliphatic carbocycles. The maximum atomic E-state index is 11.4. The minimum atomic E-state index is -0.186. The third-order valence-corrected chi connectivity index (χ3v) is 2.86. The second kappa shape index (κ2) is 3.61. The summed E-state index contributed by atoms with van der Waals surface area (Å²) in [6, 6.07) is 5.87. The Morgan fingerprint density at radius 1 is 1.64 bits per heavy atom. The number of hydrogen-bond acceptors (Lipinski definition) is 3. The van der Waals surface area contributed by atoms with E-state index >= 15 is 0 Å². The number of anilines is 1. The van der Waals surface area contributed by atoms with E-state index in [1.807, 2.05) is 18.2 Å². The van der Waals surface area contributed by atoms with Gasteiger partial charge in [-0.1, -0.05) is 15.9 Å². The van der Waals surface area contributed by atoms with Crippen LogP contribution >= 0.6 is 15.9 Å². The molecular weight excluding hydrogens is 246 g/mol. The summed E-state index contributed by atoms with van der Waals surface area (Å²) in [5.41, 5.74) is 2.02. The molecule has 0 saturated carbocycles. The van der Waals surface area contributed by atoms with Gasteiger partial charge in [0.05, 0.1) is 7.11 Å². The summed E-state index contributed by atoms with van der Waals surface area (Å²) in [5, 5.41) is 3.17. The van der Waals surface area contributed by atoms with E-state index in [2.05, 4.69) is 21.2 Å². The van der Waals surface area contributed by atoms with Gasteiger partial charge in [-0.2, -0.15) is 0 Å². The molecule has 0 bridgehead atoms. The first kappa shape index (κ1) is 9.52. The molecule has 1 aromatic carbocycles. The van der Waals surface area contributed by atoms with Crippen molar-refractivity contribution in [3.8, 4) is 0 Å². The van der Waals surface area contributed by atoms with Crippen molar-refractivity contribution in [2.24, 2.45) is 0 Å². The van der Waals surface area contributed by atoms with E-state index in [4.69, 9.17) is 4.74 Å². The van der Waals surface area contributed by atoms with Crippen LogP contribution in [0.5, 0.6) is 0 Å². The van der Waals surface area contributed by atoms with E-state index in [0.717, 1.165) is 15.7 Å². The highest BCUT2D eigenvalue weighted by Crippen LogP contribution is 2.34. The highest BCUT2D eigenvalue weighted by atomic mass is 79.9. The molecule has 0 radical (unpaired) electrons. The molecule has 1 atom stereocenters. The molecule has 0 saturated heterocycles. The fourth-order valence-electron chi connectivity index (χ4n) is 1.66. The van der Waals surface area contributed by atoms with Crippen molar-refractivity contribution in [2.45, 2.75) is 5.92 Å². The number of benzene rings is 1. The van der Waals surface area contributed by atoms with Crippen LogP contribution < -0.4 is 5.32 Å². The summed E-state index contributed by atoms with van der Waals surface area (Å²) < 4.78 is 5.72. The van der Waals surface area contributed by atoms with Gasteiger partial charge in [0.25, 0.3) is 0 Å². The van der Waals surface area contributed by atoms with Crippen LogP contribution in [0, 0.1) is 0 Å². The predicted molar refractivity (Wildman–Crippen MR) is 57.4 cm³/mol. The highest BCUT2D eigenvalue weighted by Gasteiger charge is 2.29. The number of esters is 1. The lowest BCUT2D eigenvalue weighted by Crippen LogP contribution is -2.15. The monoisotopic (exact) mass is 255 g/mol. The maximum Gasteiger partial charge on any atom is 0.315 e. The molecular formula is C10H10BrNO2. The van der Waals surface area contributed by atoms with Gasteiger partial charge in [0, 0.05) is 16.7 Å². The van der Waals surface area contributed by atoms with E-state index in [1.54, 1.807) is 0 Å². The van der Waals surface area contributed by atoms with Gasteiger partial charge in [-0.3, -0.25) is 4.79 Å². The van der Waals surface area contributed by atoms with Crippen molar-refractivity contribution < 1.29 is 9.53 Å². The largest absolute Gasteiger partial charge is 0.468 e. The number of ether oxygens (including phenoxy) is 1. The topological polar surface area (TPSA) is 38.3 Å². The zero-order valence-corrected chi connectivity index (χ0v) is 9.30.